The predicted molar refractivity (Wildman–Crippen MR) is 120 cm³/mol. The van der Waals surface area contributed by atoms with Crippen molar-refractivity contribution in [1.82, 2.24) is 14.5 Å². The van der Waals surface area contributed by atoms with E-state index < -0.39 is 11.2 Å². The number of nitrogens with two attached hydrogens (primary N) is 1. The molecule has 0 saturated carbocycles. The number of hydrogen-bond donors (Lipinski definition) is 2. The SMILES string of the molecule is CC(C)CN(C(=O)CN(C)Cc1ccccc1F)c1c(N)n(CC(C)C)c(=O)[nH]c1=O. The van der Waals surface area contributed by atoms with Crippen LogP contribution in [-0.4, -0.2) is 40.5 Å². The highest BCUT2D eigenvalue weighted by molar-refractivity contribution is 5.96. The summed E-state index contributed by atoms with van der Waals surface area (Å²) in [6.45, 7) is 8.41. The molecule has 170 valence electrons. The van der Waals surface area contributed by atoms with Gasteiger partial charge in [-0.15, -0.1) is 0 Å². The third-order valence-electron chi connectivity index (χ3n) is 4.68. The van der Waals surface area contributed by atoms with Gasteiger partial charge in [0, 0.05) is 25.2 Å². The maximum atomic E-state index is 14.0. The second-order valence-corrected chi connectivity index (χ2v) is 8.66. The number of nitrogens with zero attached hydrogens (tertiary/aromatic N) is 3. The lowest BCUT2D eigenvalue weighted by molar-refractivity contribution is -0.119. The molecular weight excluding hydrogens is 401 g/mol. The summed E-state index contributed by atoms with van der Waals surface area (Å²) in [6.07, 6.45) is 0. The molecule has 2 aromatic rings. The molecule has 1 amide bonds. The first kappa shape index (κ1) is 24.3. The largest absolute Gasteiger partial charge is 0.383 e. The summed E-state index contributed by atoms with van der Waals surface area (Å²) < 4.78 is 15.2. The first-order chi connectivity index (χ1) is 14.5. The van der Waals surface area contributed by atoms with Crippen molar-refractivity contribution in [1.29, 1.82) is 0 Å². The van der Waals surface area contributed by atoms with Crippen LogP contribution in [0.3, 0.4) is 0 Å². The lowest BCUT2D eigenvalue weighted by atomic mass is 10.1. The van der Waals surface area contributed by atoms with Crippen LogP contribution in [0.5, 0.6) is 0 Å². The molecular formula is C22H32FN5O3. The van der Waals surface area contributed by atoms with E-state index in [1.165, 1.54) is 15.5 Å². The molecule has 0 aliphatic rings. The smallest absolute Gasteiger partial charge is 0.330 e. The number of nitrogens with one attached hydrogen (secondary N) is 1. The van der Waals surface area contributed by atoms with Crippen LogP contribution in [0.15, 0.2) is 33.9 Å². The van der Waals surface area contributed by atoms with Gasteiger partial charge in [0.25, 0.3) is 5.56 Å². The van der Waals surface area contributed by atoms with Crippen LogP contribution in [0.1, 0.15) is 33.3 Å². The fourth-order valence-corrected chi connectivity index (χ4v) is 3.36. The van der Waals surface area contributed by atoms with Crippen molar-refractivity contribution >= 4 is 17.4 Å². The lowest BCUT2D eigenvalue weighted by Crippen LogP contribution is -2.46. The summed E-state index contributed by atoms with van der Waals surface area (Å²) in [4.78, 5) is 43.4. The summed E-state index contributed by atoms with van der Waals surface area (Å²) in [7, 11) is 1.70. The Morgan fingerprint density at radius 2 is 1.81 bits per heavy atom. The number of likely N-dealkylation sites (N-methyl/N-ethyl adjacent to an activating group) is 1. The molecule has 8 nitrogen and oxygen atoms in total. The van der Waals surface area contributed by atoms with Gasteiger partial charge in [0.1, 0.15) is 11.6 Å². The Kier molecular flexibility index (Phi) is 8.15. The zero-order valence-corrected chi connectivity index (χ0v) is 18.8. The minimum absolute atomic E-state index is 0.0294. The Bertz CT molecular complexity index is 1030. The van der Waals surface area contributed by atoms with E-state index in [9.17, 15) is 18.8 Å². The van der Waals surface area contributed by atoms with Crippen LogP contribution in [0, 0.1) is 17.7 Å². The van der Waals surface area contributed by atoms with E-state index in [-0.39, 0.29) is 54.7 Å². The van der Waals surface area contributed by atoms with E-state index >= 15 is 0 Å². The molecule has 0 atom stereocenters. The predicted octanol–water partition coefficient (Wildman–Crippen LogP) is 2.03. The molecule has 0 unspecified atom stereocenters. The van der Waals surface area contributed by atoms with E-state index in [1.54, 1.807) is 30.1 Å². The second kappa shape index (κ2) is 10.4. The molecule has 1 aromatic carbocycles. The lowest BCUT2D eigenvalue weighted by Gasteiger charge is -2.28. The van der Waals surface area contributed by atoms with Gasteiger partial charge >= 0.3 is 5.69 Å². The van der Waals surface area contributed by atoms with Crippen LogP contribution >= 0.6 is 0 Å². The molecule has 0 aliphatic carbocycles. The molecule has 0 aliphatic heterocycles. The van der Waals surface area contributed by atoms with E-state index in [0.29, 0.717) is 12.1 Å². The zero-order chi connectivity index (χ0) is 23.3. The van der Waals surface area contributed by atoms with Crippen molar-refractivity contribution in [2.45, 2.75) is 40.8 Å². The number of aromatic nitrogens is 2. The number of hydrogen-bond acceptors (Lipinski definition) is 5. The number of halogens is 1. The summed E-state index contributed by atoms with van der Waals surface area (Å²) in [5.74, 6) is -0.583. The molecule has 0 saturated heterocycles. The van der Waals surface area contributed by atoms with Crippen LogP contribution < -0.4 is 21.9 Å². The van der Waals surface area contributed by atoms with Gasteiger partial charge in [-0.2, -0.15) is 0 Å². The van der Waals surface area contributed by atoms with Gasteiger partial charge in [0.05, 0.1) is 6.54 Å². The van der Waals surface area contributed by atoms with Gasteiger partial charge < -0.3 is 10.6 Å². The van der Waals surface area contributed by atoms with Crippen molar-refractivity contribution < 1.29 is 9.18 Å². The number of benzene rings is 1. The molecule has 3 N–H and O–H groups in total. The number of anilines is 2. The molecule has 2 rings (SSSR count). The summed E-state index contributed by atoms with van der Waals surface area (Å²) >= 11 is 0. The van der Waals surface area contributed by atoms with Crippen molar-refractivity contribution in [3.8, 4) is 0 Å². The minimum Gasteiger partial charge on any atom is -0.383 e. The Morgan fingerprint density at radius 3 is 2.39 bits per heavy atom. The molecule has 0 spiro atoms. The topological polar surface area (TPSA) is 104 Å². The summed E-state index contributed by atoms with van der Waals surface area (Å²) in [5.41, 5.74) is 5.34. The molecule has 0 fully saturated rings. The maximum Gasteiger partial charge on any atom is 0.330 e. The van der Waals surface area contributed by atoms with E-state index in [0.717, 1.165) is 0 Å². The third-order valence-corrected chi connectivity index (χ3v) is 4.68. The number of nitrogen functional groups attached to an aromatic ring is 1. The van der Waals surface area contributed by atoms with Gasteiger partial charge in [0.15, 0.2) is 5.69 Å². The highest BCUT2D eigenvalue weighted by Crippen LogP contribution is 2.20. The van der Waals surface area contributed by atoms with Gasteiger partial charge in [-0.3, -0.25) is 24.0 Å². The average Bonchev–Trinajstić information content (AvgIpc) is 2.65. The van der Waals surface area contributed by atoms with Crippen LogP contribution in [0.4, 0.5) is 15.9 Å². The van der Waals surface area contributed by atoms with Crippen molar-refractivity contribution in [2.75, 3.05) is 30.8 Å². The van der Waals surface area contributed by atoms with Crippen molar-refractivity contribution in [2.24, 2.45) is 11.8 Å². The Balaban J connectivity index is 2.37. The molecule has 0 bridgehead atoms. The number of H-pyrrole nitrogens is 1. The van der Waals surface area contributed by atoms with Crippen molar-refractivity contribution in [3.05, 3.63) is 56.5 Å². The number of carbonyl (C=O) groups excluding carboxylic acids is 1. The van der Waals surface area contributed by atoms with Crippen LogP contribution in [-0.2, 0) is 17.9 Å². The highest BCUT2D eigenvalue weighted by atomic mass is 19.1. The average molecular weight is 434 g/mol. The van der Waals surface area contributed by atoms with Gasteiger partial charge in [-0.25, -0.2) is 9.18 Å². The number of carbonyl (C=O) groups is 1. The quantitative estimate of drug-likeness (QED) is 0.630. The Labute approximate surface area is 181 Å². The Hall–Kier alpha value is -2.94. The standard InChI is InChI=1S/C22H32FN5O3/c1-14(2)10-27(18(29)13-26(5)12-16-8-6-7-9-17(16)23)19-20(24)28(11-15(3)4)22(31)25-21(19)30/h6-9,14-15H,10-13,24H2,1-5H3,(H,25,30,31). The molecule has 9 heteroatoms. The highest BCUT2D eigenvalue weighted by Gasteiger charge is 2.26. The molecule has 0 radical (unpaired) electrons. The number of rotatable bonds is 9. The second-order valence-electron chi connectivity index (χ2n) is 8.66. The van der Waals surface area contributed by atoms with Gasteiger partial charge in [-0.1, -0.05) is 45.9 Å². The van der Waals surface area contributed by atoms with E-state index in [4.69, 9.17) is 5.73 Å². The summed E-state index contributed by atoms with van der Waals surface area (Å²) in [5, 5.41) is 0. The number of amides is 1. The maximum absolute atomic E-state index is 14.0. The first-order valence-corrected chi connectivity index (χ1v) is 10.4. The fraction of sp³-hybridized carbons (Fsp3) is 0.500. The fourth-order valence-electron chi connectivity index (χ4n) is 3.36. The summed E-state index contributed by atoms with van der Waals surface area (Å²) in [6, 6.07) is 6.37. The Morgan fingerprint density at radius 1 is 1.16 bits per heavy atom. The monoisotopic (exact) mass is 433 g/mol. The zero-order valence-electron chi connectivity index (χ0n) is 18.8. The van der Waals surface area contributed by atoms with Crippen LogP contribution in [0.2, 0.25) is 0 Å². The van der Waals surface area contributed by atoms with Crippen LogP contribution in [0.25, 0.3) is 0 Å². The molecule has 1 heterocycles. The first-order valence-electron chi connectivity index (χ1n) is 10.4. The van der Waals surface area contributed by atoms with E-state index in [1.807, 2.05) is 27.7 Å². The number of aromatic amines is 1. The van der Waals surface area contributed by atoms with Gasteiger partial charge in [-0.05, 0) is 24.9 Å². The normalized spacial score (nSPS) is 11.5. The third kappa shape index (κ3) is 6.27. The van der Waals surface area contributed by atoms with Gasteiger partial charge in [0.2, 0.25) is 5.91 Å². The van der Waals surface area contributed by atoms with E-state index in [2.05, 4.69) is 4.98 Å². The molecule has 1 aromatic heterocycles. The molecule has 31 heavy (non-hydrogen) atoms. The van der Waals surface area contributed by atoms with Crippen molar-refractivity contribution in [3.63, 3.8) is 0 Å². The minimum atomic E-state index is -0.701.